The minimum absolute atomic E-state index is 0.00770. The van der Waals surface area contributed by atoms with Crippen LogP contribution in [0.5, 0.6) is 0 Å². The molecule has 0 saturated heterocycles. The van der Waals surface area contributed by atoms with Crippen molar-refractivity contribution in [2.75, 3.05) is 4.90 Å². The molecule has 210 valence electrons. The number of para-hydroxylation sites is 2. The molecule has 45 heavy (non-hydrogen) atoms. The summed E-state index contributed by atoms with van der Waals surface area (Å²) >= 11 is 1.87. The van der Waals surface area contributed by atoms with E-state index in [1.165, 1.54) is 37.0 Å². The summed E-state index contributed by atoms with van der Waals surface area (Å²) in [7, 11) is 0. The number of allylic oxidation sites excluding steroid dienone is 2. The first-order valence-electron chi connectivity index (χ1n) is 15.2. The molecule has 4 nitrogen and oxygen atoms in total. The van der Waals surface area contributed by atoms with Gasteiger partial charge in [0.05, 0.1) is 11.4 Å². The summed E-state index contributed by atoms with van der Waals surface area (Å²) in [6, 6.07) is 45.0. The lowest BCUT2D eigenvalue weighted by molar-refractivity contribution is 0.884. The van der Waals surface area contributed by atoms with Gasteiger partial charge in [0.2, 0.25) is 0 Å². The first kappa shape index (κ1) is 24.8. The van der Waals surface area contributed by atoms with Gasteiger partial charge in [-0.1, -0.05) is 113 Å². The zero-order valence-corrected chi connectivity index (χ0v) is 24.9. The summed E-state index contributed by atoms with van der Waals surface area (Å²) in [4.78, 5) is 13.1. The molecule has 1 atom stereocenters. The Labute approximate surface area is 264 Å². The van der Waals surface area contributed by atoms with Gasteiger partial charge in [-0.3, -0.25) is 0 Å². The van der Waals surface area contributed by atoms with E-state index in [1.54, 1.807) is 0 Å². The van der Waals surface area contributed by atoms with Gasteiger partial charge in [0.25, 0.3) is 0 Å². The lowest BCUT2D eigenvalue weighted by Gasteiger charge is -2.35. The fourth-order valence-electron chi connectivity index (χ4n) is 7.25. The van der Waals surface area contributed by atoms with E-state index in [0.717, 1.165) is 39.6 Å². The average Bonchev–Trinajstić information content (AvgIpc) is 3.66. The van der Waals surface area contributed by atoms with E-state index in [4.69, 9.17) is 9.97 Å². The number of benzene rings is 5. The minimum Gasteiger partial charge on any atom is -0.323 e. The molecule has 2 aromatic heterocycles. The second-order valence-electron chi connectivity index (χ2n) is 11.6. The van der Waals surface area contributed by atoms with Crippen LogP contribution in [-0.4, -0.2) is 21.7 Å². The molecule has 2 aliphatic heterocycles. The van der Waals surface area contributed by atoms with Gasteiger partial charge in [-0.05, 0) is 42.0 Å². The zero-order valence-electron chi connectivity index (χ0n) is 24.1. The summed E-state index contributed by atoms with van der Waals surface area (Å²) < 4.78 is 4.93. The largest absolute Gasteiger partial charge is 0.439 e. The van der Waals surface area contributed by atoms with Crippen molar-refractivity contribution in [2.24, 2.45) is 0 Å². The van der Waals surface area contributed by atoms with Gasteiger partial charge < -0.3 is 4.90 Å². The number of anilines is 2. The zero-order chi connectivity index (χ0) is 29.5. The summed E-state index contributed by atoms with van der Waals surface area (Å²) in [6.07, 6.45) is 6.75. The van der Waals surface area contributed by atoms with Crippen LogP contribution in [-0.2, 0) is 0 Å². The highest BCUT2D eigenvalue weighted by Crippen LogP contribution is 2.55. The Hall–Kier alpha value is -5.65. The molecular formula is C40H25N4S+. The highest BCUT2D eigenvalue weighted by molar-refractivity contribution is 7.25. The molecule has 0 N–H and O–H groups in total. The van der Waals surface area contributed by atoms with Gasteiger partial charge in [-0.15, -0.1) is 11.3 Å². The number of nitrogens with zero attached hydrogens (tertiary/aromatic N) is 4. The first-order chi connectivity index (χ1) is 22.3. The number of thiophene rings is 1. The van der Waals surface area contributed by atoms with Crippen molar-refractivity contribution in [3.05, 3.63) is 151 Å². The normalized spacial score (nSPS) is 16.1. The summed E-state index contributed by atoms with van der Waals surface area (Å²) in [6.45, 7) is 0. The molecule has 1 unspecified atom stereocenters. The molecule has 1 aliphatic carbocycles. The van der Waals surface area contributed by atoms with Crippen molar-refractivity contribution >= 4 is 65.8 Å². The fourth-order valence-corrected chi connectivity index (χ4v) is 8.37. The van der Waals surface area contributed by atoms with Crippen molar-refractivity contribution in [1.82, 2.24) is 14.5 Å². The maximum absolute atomic E-state index is 5.27. The summed E-state index contributed by atoms with van der Waals surface area (Å²) in [5.74, 6) is 0.672. The third kappa shape index (κ3) is 3.56. The van der Waals surface area contributed by atoms with Crippen molar-refractivity contribution in [1.29, 1.82) is 0 Å². The monoisotopic (exact) mass is 593 g/mol. The van der Waals surface area contributed by atoms with Crippen molar-refractivity contribution in [3.63, 3.8) is 0 Å². The Balaban J connectivity index is 1.27. The van der Waals surface area contributed by atoms with Gasteiger partial charge in [0.1, 0.15) is 17.4 Å². The Morgan fingerprint density at radius 3 is 2.11 bits per heavy atom. The topological polar surface area (TPSA) is 32.0 Å². The average molecular weight is 594 g/mol. The third-order valence-electron chi connectivity index (χ3n) is 9.14. The van der Waals surface area contributed by atoms with E-state index in [-0.39, 0.29) is 6.04 Å². The number of hydrogen-bond donors (Lipinski definition) is 0. The van der Waals surface area contributed by atoms with E-state index < -0.39 is 0 Å². The quantitative estimate of drug-likeness (QED) is 0.191. The molecule has 0 radical (unpaired) electrons. The molecular weight excluding hydrogens is 569 g/mol. The minimum atomic E-state index is 0.00770. The van der Waals surface area contributed by atoms with Crippen LogP contribution in [0.3, 0.4) is 0 Å². The van der Waals surface area contributed by atoms with Gasteiger partial charge in [0.15, 0.2) is 11.4 Å². The Morgan fingerprint density at radius 1 is 0.644 bits per heavy atom. The van der Waals surface area contributed by atoms with E-state index >= 15 is 0 Å². The van der Waals surface area contributed by atoms with E-state index in [2.05, 4.69) is 143 Å². The number of hydrogen-bond acceptors (Lipinski definition) is 4. The Kier molecular flexibility index (Phi) is 5.18. The summed E-state index contributed by atoms with van der Waals surface area (Å²) in [5.41, 5.74) is 11.2. The van der Waals surface area contributed by atoms with Crippen LogP contribution in [0.25, 0.3) is 48.3 Å². The lowest BCUT2D eigenvalue weighted by atomic mass is 9.90. The van der Waals surface area contributed by atoms with E-state index in [0.29, 0.717) is 5.95 Å². The van der Waals surface area contributed by atoms with Crippen LogP contribution in [0.1, 0.15) is 5.56 Å². The van der Waals surface area contributed by atoms with Crippen molar-refractivity contribution < 1.29 is 0 Å². The van der Waals surface area contributed by atoms with Crippen molar-refractivity contribution in [2.45, 2.75) is 6.04 Å². The molecule has 5 heteroatoms. The number of aromatic nitrogens is 2. The van der Waals surface area contributed by atoms with Crippen LogP contribution < -0.4 is 9.48 Å². The molecule has 5 aromatic carbocycles. The highest BCUT2D eigenvalue weighted by Gasteiger charge is 2.47. The molecule has 0 amide bonds. The maximum Gasteiger partial charge on any atom is 0.439 e. The molecule has 0 spiro atoms. The fraction of sp³-hybridized carbons (Fsp3) is 0.0250. The number of rotatable bonds is 3. The van der Waals surface area contributed by atoms with Crippen molar-refractivity contribution in [3.8, 4) is 22.5 Å². The predicted molar refractivity (Wildman–Crippen MR) is 188 cm³/mol. The standard InChI is InChI=1S/C40H25N4S/c1-3-12-25(13-4-1)29-24-30(26-14-5-2-6-15-26)42-40(41-29)44-32-19-9-8-18-31(32)43-33-22-23-36-38(27-16-7-10-21-35(27)45-36)37(33)28-17-11-20-34(44)39(28)43/h1-24,39H/q+1. The van der Waals surface area contributed by atoms with Gasteiger partial charge >= 0.3 is 5.95 Å². The second-order valence-corrected chi connectivity index (χ2v) is 12.7. The molecule has 0 bridgehead atoms. The molecule has 4 heterocycles. The predicted octanol–water partition coefficient (Wildman–Crippen LogP) is 9.94. The molecule has 0 fully saturated rings. The first-order valence-corrected chi connectivity index (χ1v) is 16.0. The van der Waals surface area contributed by atoms with Gasteiger partial charge in [-0.2, -0.15) is 4.58 Å². The molecule has 3 aliphatic rings. The molecule has 10 rings (SSSR count). The van der Waals surface area contributed by atoms with E-state index in [1.807, 2.05) is 23.5 Å². The van der Waals surface area contributed by atoms with Crippen LogP contribution in [0.4, 0.5) is 23.0 Å². The van der Waals surface area contributed by atoms with E-state index in [9.17, 15) is 0 Å². The van der Waals surface area contributed by atoms with Crippen LogP contribution in [0.2, 0.25) is 0 Å². The Bertz CT molecular complexity index is 2380. The Morgan fingerprint density at radius 2 is 1.33 bits per heavy atom. The second kappa shape index (κ2) is 9.42. The summed E-state index contributed by atoms with van der Waals surface area (Å²) in [5, 5.41) is 2.67. The third-order valence-corrected chi connectivity index (χ3v) is 10.3. The van der Waals surface area contributed by atoms with Crippen LogP contribution >= 0.6 is 11.3 Å². The molecule has 0 saturated carbocycles. The molecule has 7 aromatic rings. The SMILES string of the molecule is C1=CC2=[N+](c3nc(-c4ccccc4)cc(-c4ccccc4)n3)c3ccccc3N3c4ccc5sc6ccccc6c5c4C(=C1)C23. The number of fused-ring (bicyclic) bond motifs is 9. The smallest absolute Gasteiger partial charge is 0.323 e. The maximum atomic E-state index is 5.27. The van der Waals surface area contributed by atoms with Gasteiger partial charge in [0, 0.05) is 42.9 Å². The lowest BCUT2D eigenvalue weighted by Crippen LogP contribution is -2.43. The van der Waals surface area contributed by atoms with Crippen LogP contribution in [0.15, 0.2) is 146 Å². The highest BCUT2D eigenvalue weighted by atomic mass is 32.1. The van der Waals surface area contributed by atoms with Crippen LogP contribution in [0, 0.1) is 0 Å². The van der Waals surface area contributed by atoms with Gasteiger partial charge in [-0.25, -0.2) is 0 Å².